The van der Waals surface area contributed by atoms with Gasteiger partial charge in [-0.15, -0.1) is 0 Å². The van der Waals surface area contributed by atoms with Gasteiger partial charge >= 0.3 is 0 Å². The molecule has 1 aliphatic heterocycles. The summed E-state index contributed by atoms with van der Waals surface area (Å²) < 4.78 is 11.9. The summed E-state index contributed by atoms with van der Waals surface area (Å²) in [6.07, 6.45) is 3.87. The maximum absolute atomic E-state index is 11.7. The zero-order valence-electron chi connectivity index (χ0n) is 18.4. The van der Waals surface area contributed by atoms with E-state index in [0.29, 0.717) is 5.56 Å². The number of nitrogens with zero attached hydrogens (tertiary/aromatic N) is 2. The van der Waals surface area contributed by atoms with Gasteiger partial charge in [-0.2, -0.15) is 0 Å². The molecule has 0 radical (unpaired) electrons. The molecule has 0 aliphatic carbocycles. The number of likely N-dealkylation sites (tertiary alicyclic amines) is 1. The van der Waals surface area contributed by atoms with E-state index in [1.165, 1.54) is 5.56 Å². The van der Waals surface area contributed by atoms with Crippen LogP contribution in [0.3, 0.4) is 0 Å². The predicted molar refractivity (Wildman–Crippen MR) is 118 cm³/mol. The van der Waals surface area contributed by atoms with Crippen LogP contribution < -0.4 is 15.2 Å². The summed E-state index contributed by atoms with van der Waals surface area (Å²) in [5, 5.41) is 0. The zero-order chi connectivity index (χ0) is 21.7. The Bertz CT molecular complexity index is 830. The number of primary amides is 1. The van der Waals surface area contributed by atoms with Gasteiger partial charge in [0.05, 0.1) is 23.5 Å². The van der Waals surface area contributed by atoms with E-state index in [1.807, 2.05) is 33.8 Å². The number of piperidine rings is 1. The normalized spacial score (nSPS) is 15.5. The number of aromatic nitrogens is 1. The average molecular weight is 412 g/mol. The van der Waals surface area contributed by atoms with Crippen LogP contribution in [0.2, 0.25) is 0 Å². The highest BCUT2D eigenvalue weighted by atomic mass is 16.5. The van der Waals surface area contributed by atoms with E-state index in [4.69, 9.17) is 15.2 Å². The fourth-order valence-electron chi connectivity index (χ4n) is 3.98. The van der Waals surface area contributed by atoms with Gasteiger partial charge < -0.3 is 15.2 Å². The lowest BCUT2D eigenvalue weighted by atomic mass is 9.90. The molecule has 30 heavy (non-hydrogen) atoms. The van der Waals surface area contributed by atoms with Crippen molar-refractivity contribution < 1.29 is 14.3 Å². The predicted octanol–water partition coefficient (Wildman–Crippen LogP) is 4.13. The van der Waals surface area contributed by atoms with E-state index in [9.17, 15) is 4.79 Å². The van der Waals surface area contributed by atoms with Crippen LogP contribution >= 0.6 is 0 Å². The van der Waals surface area contributed by atoms with Crippen LogP contribution in [-0.4, -0.2) is 41.1 Å². The number of rotatable bonds is 8. The van der Waals surface area contributed by atoms with Gasteiger partial charge in [-0.05, 0) is 83.5 Å². The fraction of sp³-hybridized carbons (Fsp3) is 0.500. The molecule has 1 amide bonds. The molecule has 2 heterocycles. The van der Waals surface area contributed by atoms with Crippen LogP contribution in [0.5, 0.6) is 11.5 Å². The SMILES string of the molecule is CC(C)Oc1cc(CN2CCC(c3ncccc3C(N)=O)CC2)cc(OC(C)C)c1. The standard InChI is InChI=1S/C24H33N3O3/c1-16(2)29-20-12-18(13-21(14-20)30-17(3)4)15-27-10-7-19(8-11-27)23-22(24(25)28)6-5-9-26-23/h5-6,9,12-14,16-17,19H,7-8,10-11,15H2,1-4H3,(H2,25,28). The largest absolute Gasteiger partial charge is 0.491 e. The van der Waals surface area contributed by atoms with E-state index in [2.05, 4.69) is 22.0 Å². The van der Waals surface area contributed by atoms with Gasteiger partial charge in [0.25, 0.3) is 5.91 Å². The molecule has 1 aliphatic rings. The van der Waals surface area contributed by atoms with Crippen LogP contribution in [0.1, 0.15) is 68.1 Å². The number of benzene rings is 1. The second kappa shape index (κ2) is 9.94. The third-order valence-corrected chi connectivity index (χ3v) is 5.17. The maximum atomic E-state index is 11.7. The lowest BCUT2D eigenvalue weighted by Gasteiger charge is -2.32. The molecule has 2 N–H and O–H groups in total. The minimum absolute atomic E-state index is 0.112. The lowest BCUT2D eigenvalue weighted by molar-refractivity contribution is 0.0997. The smallest absolute Gasteiger partial charge is 0.250 e. The number of hydrogen-bond acceptors (Lipinski definition) is 5. The molecular weight excluding hydrogens is 378 g/mol. The highest BCUT2D eigenvalue weighted by Gasteiger charge is 2.25. The van der Waals surface area contributed by atoms with Crippen molar-refractivity contribution in [2.75, 3.05) is 13.1 Å². The fourth-order valence-corrected chi connectivity index (χ4v) is 3.98. The monoisotopic (exact) mass is 411 g/mol. The second-order valence-electron chi connectivity index (χ2n) is 8.50. The van der Waals surface area contributed by atoms with Gasteiger partial charge in [0.1, 0.15) is 11.5 Å². The van der Waals surface area contributed by atoms with Gasteiger partial charge in [-0.3, -0.25) is 14.7 Å². The Balaban J connectivity index is 1.67. The molecule has 1 aromatic carbocycles. The van der Waals surface area contributed by atoms with E-state index < -0.39 is 5.91 Å². The van der Waals surface area contributed by atoms with E-state index in [-0.39, 0.29) is 18.1 Å². The highest BCUT2D eigenvalue weighted by molar-refractivity contribution is 5.94. The van der Waals surface area contributed by atoms with Crippen LogP contribution in [0.15, 0.2) is 36.5 Å². The van der Waals surface area contributed by atoms with Crippen molar-refractivity contribution in [1.82, 2.24) is 9.88 Å². The Hall–Kier alpha value is -2.60. The maximum Gasteiger partial charge on any atom is 0.250 e. The summed E-state index contributed by atoms with van der Waals surface area (Å²) in [7, 11) is 0. The molecule has 0 bridgehead atoms. The topological polar surface area (TPSA) is 77.7 Å². The van der Waals surface area contributed by atoms with Crippen molar-refractivity contribution in [2.45, 2.75) is 65.2 Å². The van der Waals surface area contributed by atoms with Crippen LogP contribution in [0.4, 0.5) is 0 Å². The number of pyridine rings is 1. The molecule has 1 saturated heterocycles. The first-order chi connectivity index (χ1) is 14.3. The summed E-state index contributed by atoms with van der Waals surface area (Å²) >= 11 is 0. The van der Waals surface area contributed by atoms with Crippen molar-refractivity contribution in [3.63, 3.8) is 0 Å². The van der Waals surface area contributed by atoms with E-state index in [0.717, 1.165) is 49.7 Å². The molecule has 0 atom stereocenters. The number of nitrogens with two attached hydrogens (primary N) is 1. The molecule has 0 spiro atoms. The first-order valence-electron chi connectivity index (χ1n) is 10.8. The van der Waals surface area contributed by atoms with Crippen molar-refractivity contribution >= 4 is 5.91 Å². The number of carbonyl (C=O) groups excluding carboxylic acids is 1. The second-order valence-corrected chi connectivity index (χ2v) is 8.50. The van der Waals surface area contributed by atoms with E-state index in [1.54, 1.807) is 18.3 Å². The first-order valence-corrected chi connectivity index (χ1v) is 10.8. The third-order valence-electron chi connectivity index (χ3n) is 5.17. The Labute approximate surface area is 179 Å². The molecule has 3 rings (SSSR count). The zero-order valence-corrected chi connectivity index (χ0v) is 18.4. The Morgan fingerprint density at radius 3 is 2.23 bits per heavy atom. The highest BCUT2D eigenvalue weighted by Crippen LogP contribution is 2.31. The molecule has 6 heteroatoms. The van der Waals surface area contributed by atoms with Gasteiger partial charge in [-0.1, -0.05) is 0 Å². The number of ether oxygens (including phenoxy) is 2. The molecule has 2 aromatic rings. The molecule has 1 fully saturated rings. The quantitative estimate of drug-likeness (QED) is 0.706. The molecule has 162 valence electrons. The molecule has 6 nitrogen and oxygen atoms in total. The van der Waals surface area contributed by atoms with Gasteiger partial charge in [-0.25, -0.2) is 0 Å². The minimum Gasteiger partial charge on any atom is -0.491 e. The van der Waals surface area contributed by atoms with Crippen LogP contribution in [0.25, 0.3) is 0 Å². The summed E-state index contributed by atoms with van der Waals surface area (Å²) in [6.45, 7) is 10.8. The molecule has 1 aromatic heterocycles. The average Bonchev–Trinajstić information content (AvgIpc) is 2.67. The van der Waals surface area contributed by atoms with Crippen LogP contribution in [-0.2, 0) is 6.54 Å². The Morgan fingerprint density at radius 2 is 1.70 bits per heavy atom. The molecular formula is C24H33N3O3. The van der Waals surface area contributed by atoms with Crippen molar-refractivity contribution in [3.8, 4) is 11.5 Å². The van der Waals surface area contributed by atoms with Crippen molar-refractivity contribution in [2.24, 2.45) is 5.73 Å². The van der Waals surface area contributed by atoms with Gasteiger partial charge in [0.15, 0.2) is 0 Å². The number of amides is 1. The molecule has 0 saturated carbocycles. The van der Waals surface area contributed by atoms with Gasteiger partial charge in [0.2, 0.25) is 0 Å². The summed E-state index contributed by atoms with van der Waals surface area (Å²) in [5.74, 6) is 1.54. The summed E-state index contributed by atoms with van der Waals surface area (Å²) in [6, 6.07) is 9.70. The van der Waals surface area contributed by atoms with Crippen LogP contribution in [0, 0.1) is 0 Å². The Morgan fingerprint density at radius 1 is 1.10 bits per heavy atom. The lowest BCUT2D eigenvalue weighted by Crippen LogP contribution is -2.33. The van der Waals surface area contributed by atoms with Crippen molar-refractivity contribution in [3.05, 3.63) is 53.3 Å². The van der Waals surface area contributed by atoms with E-state index >= 15 is 0 Å². The third kappa shape index (κ3) is 5.95. The first kappa shape index (κ1) is 22.1. The van der Waals surface area contributed by atoms with Gasteiger partial charge in [0, 0.05) is 24.7 Å². The number of carbonyl (C=O) groups is 1. The number of hydrogen-bond donors (Lipinski definition) is 1. The summed E-state index contributed by atoms with van der Waals surface area (Å²) in [5.41, 5.74) is 8.10. The van der Waals surface area contributed by atoms with Crippen molar-refractivity contribution in [1.29, 1.82) is 0 Å². The molecule has 0 unspecified atom stereocenters. The minimum atomic E-state index is -0.403. The summed E-state index contributed by atoms with van der Waals surface area (Å²) in [4.78, 5) is 18.6. The Kier molecular flexibility index (Phi) is 7.32.